The van der Waals surface area contributed by atoms with E-state index in [4.69, 9.17) is 24.9 Å². The first kappa shape index (κ1) is 19.4. The van der Waals surface area contributed by atoms with E-state index in [-0.39, 0.29) is 0 Å². The Balaban J connectivity index is 0.000000326. The number of hydrogen-bond donors (Lipinski definition) is 2. The first-order valence-corrected chi connectivity index (χ1v) is 9.29. The van der Waals surface area contributed by atoms with E-state index in [1.54, 1.807) is 0 Å². The van der Waals surface area contributed by atoms with Crippen molar-refractivity contribution in [2.45, 2.75) is 63.8 Å². The van der Waals surface area contributed by atoms with Crippen LogP contribution in [0.25, 0.3) is 0 Å². The fourth-order valence-corrected chi connectivity index (χ4v) is 3.55. The fraction of sp³-hybridized carbons (Fsp3) is 0.722. The maximum absolute atomic E-state index is 9.10. The zero-order chi connectivity index (χ0) is 18.1. The first-order chi connectivity index (χ1) is 12.1. The third-order valence-electron chi connectivity index (χ3n) is 4.90. The van der Waals surface area contributed by atoms with Crippen LogP contribution in [0.3, 0.4) is 0 Å². The van der Waals surface area contributed by atoms with E-state index in [2.05, 4.69) is 21.8 Å². The lowest BCUT2D eigenvalue weighted by atomic mass is 9.96. The van der Waals surface area contributed by atoms with Crippen molar-refractivity contribution in [1.29, 1.82) is 0 Å². The molecule has 1 aromatic rings. The van der Waals surface area contributed by atoms with Crippen LogP contribution in [-0.2, 0) is 16.0 Å². The van der Waals surface area contributed by atoms with E-state index in [0.29, 0.717) is 6.04 Å². The summed E-state index contributed by atoms with van der Waals surface area (Å²) in [6.07, 6.45) is 14.3. The number of rotatable bonds is 5. The fourth-order valence-electron chi connectivity index (χ4n) is 3.55. The number of aryl methyl sites for hydroxylation is 1. The largest absolute Gasteiger partial charge is 0.473 e. The van der Waals surface area contributed by atoms with Gasteiger partial charge in [-0.05, 0) is 64.2 Å². The van der Waals surface area contributed by atoms with Gasteiger partial charge in [0.15, 0.2) is 0 Å². The molecule has 1 aliphatic heterocycles. The summed E-state index contributed by atoms with van der Waals surface area (Å²) in [6, 6.07) is 2.92. The minimum Gasteiger partial charge on any atom is -0.473 e. The molecule has 3 rings (SSSR count). The van der Waals surface area contributed by atoms with E-state index in [1.165, 1.54) is 76.7 Å². The first-order valence-electron chi connectivity index (χ1n) is 9.29. The van der Waals surface area contributed by atoms with Gasteiger partial charge in [0.1, 0.15) is 0 Å². The molecule has 0 bridgehead atoms. The van der Waals surface area contributed by atoms with Crippen molar-refractivity contribution >= 4 is 11.9 Å². The van der Waals surface area contributed by atoms with Crippen LogP contribution in [0.5, 0.6) is 0 Å². The van der Waals surface area contributed by atoms with E-state index in [9.17, 15) is 0 Å². The summed E-state index contributed by atoms with van der Waals surface area (Å²) in [7, 11) is 0. The Morgan fingerprint density at radius 3 is 2.28 bits per heavy atom. The van der Waals surface area contributed by atoms with Gasteiger partial charge in [-0.25, -0.2) is 9.59 Å². The van der Waals surface area contributed by atoms with Crippen molar-refractivity contribution in [2.75, 3.05) is 19.6 Å². The summed E-state index contributed by atoms with van der Waals surface area (Å²) in [5.41, 5.74) is 1.30. The van der Waals surface area contributed by atoms with Gasteiger partial charge in [-0.15, -0.1) is 0 Å². The molecule has 0 radical (unpaired) electrons. The van der Waals surface area contributed by atoms with Gasteiger partial charge in [-0.2, -0.15) is 5.10 Å². The van der Waals surface area contributed by atoms with Crippen LogP contribution in [-0.4, -0.2) is 56.5 Å². The van der Waals surface area contributed by atoms with Gasteiger partial charge in [0.25, 0.3) is 0 Å². The van der Waals surface area contributed by atoms with Gasteiger partial charge < -0.3 is 15.1 Å². The molecule has 0 amide bonds. The van der Waals surface area contributed by atoms with Crippen LogP contribution in [0.15, 0.2) is 12.3 Å². The molecular weight excluding hydrogens is 322 g/mol. The molecule has 0 atom stereocenters. The monoisotopic (exact) mass is 351 g/mol. The lowest BCUT2D eigenvalue weighted by Gasteiger charge is -2.21. The van der Waals surface area contributed by atoms with Crippen molar-refractivity contribution in [1.82, 2.24) is 14.7 Å². The molecule has 7 heteroatoms. The molecular formula is C18H29N3O4. The molecule has 25 heavy (non-hydrogen) atoms. The number of aliphatic carboxylic acids is 2. The lowest BCUT2D eigenvalue weighted by Crippen LogP contribution is -2.20. The summed E-state index contributed by atoms with van der Waals surface area (Å²) in [6.45, 7) is 3.89. The molecule has 1 saturated carbocycles. The highest BCUT2D eigenvalue weighted by molar-refractivity contribution is 6.27. The Bertz CT molecular complexity index is 534. The van der Waals surface area contributed by atoms with E-state index >= 15 is 0 Å². The zero-order valence-electron chi connectivity index (χ0n) is 14.8. The summed E-state index contributed by atoms with van der Waals surface area (Å²) in [5, 5.41) is 19.6. The molecule has 7 nitrogen and oxygen atoms in total. The number of carbonyl (C=O) groups is 2. The number of nitrogens with zero attached hydrogens (tertiary/aromatic N) is 3. The minimum absolute atomic E-state index is 0.682. The average Bonchev–Trinajstić information content (AvgIpc) is 3.28. The standard InChI is InChI=1S/C16H27N3.C2H2O4/c1-2-8-16(9-3-1)19-14-10-15(17-19)7-6-13-18-11-4-5-12-18;3-1(4)2(5)6/h10,14,16H,1-9,11-13H2;(H,3,4)(H,5,6). The topological polar surface area (TPSA) is 95.7 Å². The SMILES string of the molecule is O=C(O)C(=O)O.c1cn(C2CCCCC2)nc1CCCN1CCCC1. The molecule has 1 aliphatic carbocycles. The molecule has 0 spiro atoms. The van der Waals surface area contributed by atoms with Crippen LogP contribution in [0.2, 0.25) is 0 Å². The third-order valence-corrected chi connectivity index (χ3v) is 4.90. The average molecular weight is 351 g/mol. The second-order valence-corrected chi connectivity index (χ2v) is 6.84. The Morgan fingerprint density at radius 1 is 1.04 bits per heavy atom. The van der Waals surface area contributed by atoms with Crippen LogP contribution in [0, 0.1) is 0 Å². The van der Waals surface area contributed by atoms with Gasteiger partial charge in [0.2, 0.25) is 0 Å². The Labute approximate surface area is 148 Å². The molecule has 0 aromatic carbocycles. The summed E-state index contributed by atoms with van der Waals surface area (Å²) >= 11 is 0. The van der Waals surface area contributed by atoms with Crippen LogP contribution in [0.1, 0.15) is 63.1 Å². The maximum atomic E-state index is 9.10. The molecule has 2 fully saturated rings. The molecule has 1 aromatic heterocycles. The molecule has 2 aliphatic rings. The second-order valence-electron chi connectivity index (χ2n) is 6.84. The predicted octanol–water partition coefficient (Wildman–Crippen LogP) is 2.57. The van der Waals surface area contributed by atoms with Crippen molar-refractivity contribution in [3.63, 3.8) is 0 Å². The lowest BCUT2D eigenvalue weighted by molar-refractivity contribution is -0.159. The van der Waals surface area contributed by atoms with E-state index < -0.39 is 11.9 Å². The van der Waals surface area contributed by atoms with Crippen molar-refractivity contribution in [2.24, 2.45) is 0 Å². The Morgan fingerprint density at radius 2 is 1.68 bits per heavy atom. The number of aromatic nitrogens is 2. The second kappa shape index (κ2) is 10.2. The number of hydrogen-bond acceptors (Lipinski definition) is 4. The highest BCUT2D eigenvalue weighted by Crippen LogP contribution is 2.27. The predicted molar refractivity (Wildman–Crippen MR) is 93.6 cm³/mol. The zero-order valence-corrected chi connectivity index (χ0v) is 14.8. The smallest absolute Gasteiger partial charge is 0.414 e. The quantitative estimate of drug-likeness (QED) is 0.792. The Kier molecular flexibility index (Phi) is 7.91. The van der Waals surface area contributed by atoms with Crippen molar-refractivity contribution in [3.8, 4) is 0 Å². The van der Waals surface area contributed by atoms with Crippen LogP contribution < -0.4 is 0 Å². The summed E-state index contributed by atoms with van der Waals surface area (Å²) < 4.78 is 2.24. The van der Waals surface area contributed by atoms with Gasteiger partial charge >= 0.3 is 11.9 Å². The molecule has 140 valence electrons. The third kappa shape index (κ3) is 6.86. The van der Waals surface area contributed by atoms with Gasteiger partial charge in [0, 0.05) is 6.20 Å². The van der Waals surface area contributed by atoms with Crippen LogP contribution >= 0.6 is 0 Å². The minimum atomic E-state index is -1.82. The maximum Gasteiger partial charge on any atom is 0.414 e. The van der Waals surface area contributed by atoms with Gasteiger partial charge in [-0.3, -0.25) is 4.68 Å². The highest BCUT2D eigenvalue weighted by atomic mass is 16.4. The molecule has 2 heterocycles. The van der Waals surface area contributed by atoms with Gasteiger partial charge in [0.05, 0.1) is 11.7 Å². The Hall–Kier alpha value is -1.89. The highest BCUT2D eigenvalue weighted by Gasteiger charge is 2.16. The number of likely N-dealkylation sites (tertiary alicyclic amines) is 1. The molecule has 0 unspecified atom stereocenters. The number of carboxylic acids is 2. The summed E-state index contributed by atoms with van der Waals surface area (Å²) in [4.78, 5) is 20.8. The van der Waals surface area contributed by atoms with Gasteiger partial charge in [-0.1, -0.05) is 19.3 Å². The summed E-state index contributed by atoms with van der Waals surface area (Å²) in [5.74, 6) is -3.65. The van der Waals surface area contributed by atoms with Crippen molar-refractivity contribution < 1.29 is 19.8 Å². The molecule has 2 N–H and O–H groups in total. The van der Waals surface area contributed by atoms with E-state index in [1.807, 2.05) is 0 Å². The molecule has 1 saturated heterocycles. The van der Waals surface area contributed by atoms with Crippen LogP contribution in [0.4, 0.5) is 0 Å². The normalized spacial score (nSPS) is 18.6. The number of carboxylic acid groups (broad SMARTS) is 2. The van der Waals surface area contributed by atoms with E-state index in [0.717, 1.165) is 6.42 Å². The van der Waals surface area contributed by atoms with Crippen molar-refractivity contribution in [3.05, 3.63) is 18.0 Å².